The molecule has 0 aromatic heterocycles. The zero-order valence-electron chi connectivity index (χ0n) is 15.2. The van der Waals surface area contributed by atoms with Gasteiger partial charge in [0.25, 0.3) is 5.91 Å². The number of phenols is 1. The number of amides is 1. The molecule has 0 spiro atoms. The van der Waals surface area contributed by atoms with Crippen molar-refractivity contribution in [1.82, 2.24) is 4.31 Å². The number of phenolic OH excluding ortho intramolecular Hbond substituents is 1. The van der Waals surface area contributed by atoms with Crippen molar-refractivity contribution < 1.29 is 27.9 Å². The van der Waals surface area contributed by atoms with Crippen molar-refractivity contribution in [3.63, 3.8) is 0 Å². The fourth-order valence-electron chi connectivity index (χ4n) is 2.99. The van der Waals surface area contributed by atoms with Crippen molar-refractivity contribution in [2.45, 2.75) is 17.7 Å². The molecule has 2 N–H and O–H groups in total. The first kappa shape index (κ1) is 19.8. The quantitative estimate of drug-likeness (QED) is 0.584. The minimum Gasteiger partial charge on any atom is -0.505 e. The molecule has 0 unspecified atom stereocenters. The highest BCUT2D eigenvalue weighted by Gasteiger charge is 2.27. The van der Waals surface area contributed by atoms with E-state index in [1.165, 1.54) is 53.9 Å². The van der Waals surface area contributed by atoms with Gasteiger partial charge in [-0.15, -0.1) is 0 Å². The summed E-state index contributed by atoms with van der Waals surface area (Å²) >= 11 is 0. The Kier molecular flexibility index (Phi) is 5.66. The van der Waals surface area contributed by atoms with Crippen LogP contribution in [0.1, 0.15) is 33.6 Å². The Morgan fingerprint density at radius 1 is 1.11 bits per heavy atom. The van der Waals surface area contributed by atoms with Crippen LogP contribution in [0.4, 0.5) is 5.69 Å². The Morgan fingerprint density at radius 2 is 1.79 bits per heavy atom. The van der Waals surface area contributed by atoms with Crippen molar-refractivity contribution in [3.05, 3.63) is 53.6 Å². The van der Waals surface area contributed by atoms with Crippen LogP contribution in [-0.4, -0.2) is 49.9 Å². The molecule has 2 aromatic rings. The molecule has 3 rings (SSSR count). The first-order valence-electron chi connectivity index (χ1n) is 8.66. The Hall–Kier alpha value is -2.91. The molecule has 0 aliphatic carbocycles. The number of nitrogens with zero attached hydrogens (tertiary/aromatic N) is 1. The van der Waals surface area contributed by atoms with E-state index in [4.69, 9.17) is 0 Å². The van der Waals surface area contributed by atoms with Crippen LogP contribution in [-0.2, 0) is 14.8 Å². The largest absolute Gasteiger partial charge is 0.505 e. The zero-order chi connectivity index (χ0) is 20.3. The fraction of sp³-hybridized carbons (Fsp3) is 0.263. The van der Waals surface area contributed by atoms with Gasteiger partial charge in [-0.25, -0.2) is 13.2 Å². The SMILES string of the molecule is COC(=O)c1cccc(NC(=O)c2cccc(S(=O)(=O)N3CCCC3)c2)c1O. The average Bonchev–Trinajstić information content (AvgIpc) is 3.25. The molecule has 1 heterocycles. The molecule has 9 heteroatoms. The lowest BCUT2D eigenvalue weighted by Gasteiger charge is -2.16. The van der Waals surface area contributed by atoms with Crippen LogP contribution < -0.4 is 5.32 Å². The number of anilines is 1. The number of hydrogen-bond acceptors (Lipinski definition) is 6. The van der Waals surface area contributed by atoms with E-state index in [1.807, 2.05) is 0 Å². The lowest BCUT2D eigenvalue weighted by molar-refractivity contribution is 0.0597. The first-order valence-corrected chi connectivity index (χ1v) is 10.1. The van der Waals surface area contributed by atoms with E-state index in [0.29, 0.717) is 13.1 Å². The monoisotopic (exact) mass is 404 g/mol. The first-order chi connectivity index (χ1) is 13.3. The van der Waals surface area contributed by atoms with Crippen LogP contribution in [0.5, 0.6) is 5.75 Å². The smallest absolute Gasteiger partial charge is 0.341 e. The molecule has 1 aliphatic heterocycles. The van der Waals surface area contributed by atoms with E-state index < -0.39 is 27.6 Å². The molecule has 0 bridgehead atoms. The minimum absolute atomic E-state index is 0.0145. The molecule has 1 fully saturated rings. The number of rotatable bonds is 5. The van der Waals surface area contributed by atoms with Gasteiger partial charge in [0.2, 0.25) is 10.0 Å². The molecule has 148 valence electrons. The maximum Gasteiger partial charge on any atom is 0.341 e. The summed E-state index contributed by atoms with van der Waals surface area (Å²) in [6.45, 7) is 0.930. The summed E-state index contributed by atoms with van der Waals surface area (Å²) < 4.78 is 31.3. The van der Waals surface area contributed by atoms with Gasteiger partial charge in [0.15, 0.2) is 5.75 Å². The standard InChI is InChI=1S/C19H20N2O6S/c1-27-19(24)15-8-5-9-16(17(15)22)20-18(23)13-6-4-7-14(12-13)28(25,26)21-10-2-3-11-21/h4-9,12,22H,2-3,10-11H2,1H3,(H,20,23). The maximum atomic E-state index is 12.7. The molecule has 28 heavy (non-hydrogen) atoms. The normalized spacial score (nSPS) is 14.6. The number of para-hydroxylation sites is 1. The minimum atomic E-state index is -3.65. The molecule has 1 aliphatic rings. The van der Waals surface area contributed by atoms with Gasteiger partial charge in [-0.2, -0.15) is 4.31 Å². The highest BCUT2D eigenvalue weighted by atomic mass is 32.2. The van der Waals surface area contributed by atoms with E-state index in [-0.39, 0.29) is 21.7 Å². The second kappa shape index (κ2) is 7.99. The van der Waals surface area contributed by atoms with Crippen molar-refractivity contribution >= 4 is 27.6 Å². The van der Waals surface area contributed by atoms with Crippen LogP contribution in [0.25, 0.3) is 0 Å². The molecule has 0 atom stereocenters. The average molecular weight is 404 g/mol. The second-order valence-electron chi connectivity index (χ2n) is 6.29. The lowest BCUT2D eigenvalue weighted by Crippen LogP contribution is -2.28. The molecular weight excluding hydrogens is 384 g/mol. The molecular formula is C19H20N2O6S. The molecule has 1 amide bonds. The van der Waals surface area contributed by atoms with Gasteiger partial charge in [0.05, 0.1) is 17.7 Å². The number of carbonyl (C=O) groups is 2. The highest BCUT2D eigenvalue weighted by Crippen LogP contribution is 2.29. The fourth-order valence-corrected chi connectivity index (χ4v) is 4.55. The van der Waals surface area contributed by atoms with Gasteiger partial charge in [-0.05, 0) is 43.2 Å². The topological polar surface area (TPSA) is 113 Å². The summed E-state index contributed by atoms with van der Waals surface area (Å²) in [5.74, 6) is -1.79. The number of ether oxygens (including phenoxy) is 1. The van der Waals surface area contributed by atoms with Crippen LogP contribution in [0.3, 0.4) is 0 Å². The number of benzene rings is 2. The summed E-state index contributed by atoms with van der Waals surface area (Å²) in [5, 5.41) is 12.7. The van der Waals surface area contributed by atoms with Gasteiger partial charge in [0.1, 0.15) is 5.56 Å². The Bertz CT molecular complexity index is 1010. The number of hydrogen-bond donors (Lipinski definition) is 2. The van der Waals surface area contributed by atoms with Crippen molar-refractivity contribution in [2.75, 3.05) is 25.5 Å². The van der Waals surface area contributed by atoms with Gasteiger partial charge in [-0.1, -0.05) is 12.1 Å². The van der Waals surface area contributed by atoms with E-state index in [0.717, 1.165) is 12.8 Å². The van der Waals surface area contributed by atoms with Gasteiger partial charge in [-0.3, -0.25) is 4.79 Å². The number of nitrogens with one attached hydrogen (secondary N) is 1. The highest BCUT2D eigenvalue weighted by molar-refractivity contribution is 7.89. The number of carbonyl (C=O) groups excluding carboxylic acids is 2. The molecule has 0 radical (unpaired) electrons. The van der Waals surface area contributed by atoms with Crippen LogP contribution >= 0.6 is 0 Å². The third-order valence-electron chi connectivity index (χ3n) is 4.49. The second-order valence-corrected chi connectivity index (χ2v) is 8.22. The maximum absolute atomic E-state index is 12.7. The summed E-state index contributed by atoms with van der Waals surface area (Å²) in [6.07, 6.45) is 1.63. The number of sulfonamides is 1. The molecule has 1 saturated heterocycles. The Labute approximate surface area is 162 Å². The third-order valence-corrected chi connectivity index (χ3v) is 6.38. The van der Waals surface area contributed by atoms with Gasteiger partial charge in [0, 0.05) is 18.7 Å². The summed E-state index contributed by atoms with van der Waals surface area (Å²) in [6, 6.07) is 9.96. The van der Waals surface area contributed by atoms with E-state index >= 15 is 0 Å². The van der Waals surface area contributed by atoms with Gasteiger partial charge >= 0.3 is 5.97 Å². The van der Waals surface area contributed by atoms with E-state index in [1.54, 1.807) is 0 Å². The van der Waals surface area contributed by atoms with E-state index in [2.05, 4.69) is 10.1 Å². The van der Waals surface area contributed by atoms with Crippen LogP contribution in [0, 0.1) is 0 Å². The summed E-state index contributed by atoms with van der Waals surface area (Å²) in [7, 11) is -2.47. The number of esters is 1. The molecule has 2 aromatic carbocycles. The number of aromatic hydroxyl groups is 1. The van der Waals surface area contributed by atoms with E-state index in [9.17, 15) is 23.1 Å². The number of methoxy groups -OCH3 is 1. The third kappa shape index (κ3) is 3.85. The zero-order valence-corrected chi connectivity index (χ0v) is 16.0. The molecule has 8 nitrogen and oxygen atoms in total. The Morgan fingerprint density at radius 3 is 2.46 bits per heavy atom. The predicted molar refractivity (Wildman–Crippen MR) is 102 cm³/mol. The van der Waals surface area contributed by atoms with Crippen molar-refractivity contribution in [1.29, 1.82) is 0 Å². The van der Waals surface area contributed by atoms with Gasteiger partial charge < -0.3 is 15.2 Å². The van der Waals surface area contributed by atoms with Crippen LogP contribution in [0.2, 0.25) is 0 Å². The molecule has 0 saturated carbocycles. The lowest BCUT2D eigenvalue weighted by atomic mass is 10.1. The summed E-state index contributed by atoms with van der Waals surface area (Å²) in [5.41, 5.74) is 0.0366. The Balaban J connectivity index is 1.86. The summed E-state index contributed by atoms with van der Waals surface area (Å²) in [4.78, 5) is 24.3. The van der Waals surface area contributed by atoms with Crippen molar-refractivity contribution in [3.8, 4) is 5.75 Å². The van der Waals surface area contributed by atoms with Crippen molar-refractivity contribution in [2.24, 2.45) is 0 Å². The van der Waals surface area contributed by atoms with Crippen LogP contribution in [0.15, 0.2) is 47.4 Å². The predicted octanol–water partition coefficient (Wildman–Crippen LogP) is 2.22.